The molecule has 0 heterocycles. The molecule has 0 atom stereocenters. The lowest BCUT2D eigenvalue weighted by Gasteiger charge is -2.15. The zero-order valence-corrected chi connectivity index (χ0v) is 14.2. The number of unbranched alkanes of at least 4 members (excludes halogenated alkanes) is 7. The standard InChI is InChI=1S/C14H31N.H2O4S/c1-4-6-8-9-10-12-14-15(3)13-11-7-5-2;1-5(2,3)4/h4-14H2,1-3H3;(H2,1,2,3,4). The van der Waals surface area contributed by atoms with E-state index in [2.05, 4.69) is 25.8 Å². The molecule has 5 nitrogen and oxygen atoms in total. The van der Waals surface area contributed by atoms with E-state index in [9.17, 15) is 0 Å². The molecule has 0 aromatic rings. The number of nitrogens with zero attached hydrogens (tertiary/aromatic N) is 1. The van der Waals surface area contributed by atoms with Gasteiger partial charge in [0.05, 0.1) is 0 Å². The van der Waals surface area contributed by atoms with Gasteiger partial charge in [-0.05, 0) is 33.0 Å². The molecule has 0 aliphatic heterocycles. The molecule has 0 aliphatic rings. The third-order valence-electron chi connectivity index (χ3n) is 3.04. The molecule has 0 fully saturated rings. The van der Waals surface area contributed by atoms with Crippen molar-refractivity contribution in [1.29, 1.82) is 0 Å². The van der Waals surface area contributed by atoms with Crippen molar-refractivity contribution >= 4 is 10.4 Å². The zero-order chi connectivity index (χ0) is 15.9. The van der Waals surface area contributed by atoms with Gasteiger partial charge in [0.1, 0.15) is 0 Å². The van der Waals surface area contributed by atoms with E-state index in [0.717, 1.165) is 0 Å². The Morgan fingerprint density at radius 2 is 1.05 bits per heavy atom. The fraction of sp³-hybridized carbons (Fsp3) is 1.00. The van der Waals surface area contributed by atoms with Gasteiger partial charge < -0.3 is 4.90 Å². The Morgan fingerprint density at radius 1 is 0.750 bits per heavy atom. The van der Waals surface area contributed by atoms with Gasteiger partial charge in [0, 0.05) is 0 Å². The first kappa shape index (κ1) is 22.1. The second-order valence-electron chi connectivity index (χ2n) is 5.23. The predicted octanol–water partition coefficient (Wildman–Crippen LogP) is 3.82. The monoisotopic (exact) mass is 311 g/mol. The van der Waals surface area contributed by atoms with Crippen LogP contribution in [0.15, 0.2) is 0 Å². The largest absolute Gasteiger partial charge is 0.394 e. The summed E-state index contributed by atoms with van der Waals surface area (Å²) in [6, 6.07) is 0. The van der Waals surface area contributed by atoms with Crippen molar-refractivity contribution in [3.05, 3.63) is 0 Å². The Balaban J connectivity index is 0. The molecule has 0 aromatic carbocycles. The van der Waals surface area contributed by atoms with Gasteiger partial charge in [-0.2, -0.15) is 8.42 Å². The fourth-order valence-corrected chi connectivity index (χ4v) is 1.91. The Bertz CT molecular complexity index is 273. The Hall–Kier alpha value is -0.170. The minimum atomic E-state index is -4.67. The normalized spacial score (nSPS) is 11.3. The van der Waals surface area contributed by atoms with Gasteiger partial charge in [-0.25, -0.2) is 0 Å². The summed E-state index contributed by atoms with van der Waals surface area (Å²) in [7, 11) is -2.40. The molecular weight excluding hydrogens is 278 g/mol. The van der Waals surface area contributed by atoms with Crippen molar-refractivity contribution in [3.8, 4) is 0 Å². The molecule has 0 saturated carbocycles. The van der Waals surface area contributed by atoms with Crippen LogP contribution in [0.1, 0.15) is 71.6 Å². The topological polar surface area (TPSA) is 77.8 Å². The van der Waals surface area contributed by atoms with E-state index >= 15 is 0 Å². The summed E-state index contributed by atoms with van der Waals surface area (Å²) in [5.41, 5.74) is 0. The molecule has 2 N–H and O–H groups in total. The first-order valence-electron chi connectivity index (χ1n) is 7.69. The lowest BCUT2D eigenvalue weighted by atomic mass is 10.1. The molecule has 0 rings (SSSR count). The predicted molar refractivity (Wildman–Crippen MR) is 84.6 cm³/mol. The van der Waals surface area contributed by atoms with Crippen molar-refractivity contribution < 1.29 is 17.5 Å². The number of hydrogen-bond donors (Lipinski definition) is 2. The Kier molecular flexibility index (Phi) is 16.8. The third kappa shape index (κ3) is 30.7. The van der Waals surface area contributed by atoms with Crippen molar-refractivity contribution in [2.45, 2.75) is 71.6 Å². The Labute approximate surface area is 125 Å². The van der Waals surface area contributed by atoms with E-state index < -0.39 is 10.4 Å². The fourth-order valence-electron chi connectivity index (χ4n) is 1.91. The van der Waals surface area contributed by atoms with Gasteiger partial charge in [0.15, 0.2) is 0 Å². The van der Waals surface area contributed by atoms with Gasteiger partial charge in [-0.1, -0.05) is 58.8 Å². The van der Waals surface area contributed by atoms with Crippen LogP contribution in [-0.2, 0) is 10.4 Å². The lowest BCUT2D eigenvalue weighted by Crippen LogP contribution is -2.20. The van der Waals surface area contributed by atoms with Gasteiger partial charge in [-0.15, -0.1) is 0 Å². The second kappa shape index (κ2) is 15.2. The van der Waals surface area contributed by atoms with E-state index in [1.165, 1.54) is 70.9 Å². The smallest absolute Gasteiger partial charge is 0.306 e. The van der Waals surface area contributed by atoms with Crippen molar-refractivity contribution in [3.63, 3.8) is 0 Å². The maximum Gasteiger partial charge on any atom is 0.394 e. The highest BCUT2D eigenvalue weighted by molar-refractivity contribution is 7.79. The maximum atomic E-state index is 8.74. The zero-order valence-electron chi connectivity index (χ0n) is 13.3. The Morgan fingerprint density at radius 3 is 1.50 bits per heavy atom. The van der Waals surface area contributed by atoms with Gasteiger partial charge >= 0.3 is 10.4 Å². The summed E-state index contributed by atoms with van der Waals surface area (Å²) in [5, 5.41) is 0. The minimum Gasteiger partial charge on any atom is -0.306 e. The van der Waals surface area contributed by atoms with Crippen LogP contribution in [0, 0.1) is 0 Å². The van der Waals surface area contributed by atoms with Crippen LogP contribution in [-0.4, -0.2) is 42.6 Å². The molecular formula is C14H33NO4S. The molecule has 124 valence electrons. The van der Waals surface area contributed by atoms with Crippen molar-refractivity contribution in [2.75, 3.05) is 20.1 Å². The summed E-state index contributed by atoms with van der Waals surface area (Å²) in [6.07, 6.45) is 12.6. The summed E-state index contributed by atoms with van der Waals surface area (Å²) < 4.78 is 31.6. The SMILES string of the molecule is CCCCCCCCN(C)CCCCC.O=S(=O)(O)O. The lowest BCUT2D eigenvalue weighted by molar-refractivity contribution is 0.316. The highest BCUT2D eigenvalue weighted by Gasteiger charge is 1.97. The average Bonchev–Trinajstić information content (AvgIpc) is 2.32. The molecule has 20 heavy (non-hydrogen) atoms. The molecule has 0 radical (unpaired) electrons. The van der Waals surface area contributed by atoms with Crippen LogP contribution in [0.4, 0.5) is 0 Å². The van der Waals surface area contributed by atoms with E-state index in [0.29, 0.717) is 0 Å². The quantitative estimate of drug-likeness (QED) is 0.448. The van der Waals surface area contributed by atoms with Gasteiger partial charge in [0.25, 0.3) is 0 Å². The maximum absolute atomic E-state index is 8.74. The number of rotatable bonds is 11. The molecule has 6 heteroatoms. The number of hydrogen-bond acceptors (Lipinski definition) is 3. The minimum absolute atomic E-state index is 1.29. The van der Waals surface area contributed by atoms with E-state index in [-0.39, 0.29) is 0 Å². The highest BCUT2D eigenvalue weighted by Crippen LogP contribution is 2.06. The second-order valence-corrected chi connectivity index (χ2v) is 6.12. The van der Waals surface area contributed by atoms with Gasteiger partial charge in [-0.3, -0.25) is 9.11 Å². The van der Waals surface area contributed by atoms with Crippen LogP contribution >= 0.6 is 0 Å². The summed E-state index contributed by atoms with van der Waals surface area (Å²) in [6.45, 7) is 7.15. The van der Waals surface area contributed by atoms with Crippen LogP contribution in [0.2, 0.25) is 0 Å². The highest BCUT2D eigenvalue weighted by atomic mass is 32.3. The first-order valence-corrected chi connectivity index (χ1v) is 9.09. The van der Waals surface area contributed by atoms with Crippen molar-refractivity contribution in [2.24, 2.45) is 0 Å². The van der Waals surface area contributed by atoms with E-state index in [1.807, 2.05) is 0 Å². The van der Waals surface area contributed by atoms with Crippen LogP contribution in [0.5, 0.6) is 0 Å². The van der Waals surface area contributed by atoms with E-state index in [1.54, 1.807) is 0 Å². The third-order valence-corrected chi connectivity index (χ3v) is 3.04. The van der Waals surface area contributed by atoms with E-state index in [4.69, 9.17) is 17.5 Å². The van der Waals surface area contributed by atoms with Crippen LogP contribution in [0.3, 0.4) is 0 Å². The van der Waals surface area contributed by atoms with Crippen LogP contribution < -0.4 is 0 Å². The van der Waals surface area contributed by atoms with Gasteiger partial charge in [0.2, 0.25) is 0 Å². The molecule has 0 amide bonds. The summed E-state index contributed by atoms with van der Waals surface area (Å²) >= 11 is 0. The molecule has 0 bridgehead atoms. The molecule has 0 unspecified atom stereocenters. The molecule has 0 spiro atoms. The van der Waals surface area contributed by atoms with Crippen molar-refractivity contribution in [1.82, 2.24) is 4.90 Å². The van der Waals surface area contributed by atoms with Crippen LogP contribution in [0.25, 0.3) is 0 Å². The molecule has 0 aliphatic carbocycles. The summed E-state index contributed by atoms with van der Waals surface area (Å²) in [4.78, 5) is 2.50. The summed E-state index contributed by atoms with van der Waals surface area (Å²) in [5.74, 6) is 0. The molecule has 0 saturated heterocycles. The molecule has 0 aromatic heterocycles. The average molecular weight is 311 g/mol. The first-order chi connectivity index (χ1) is 9.31.